The topological polar surface area (TPSA) is 69.4 Å². The quantitative estimate of drug-likeness (QED) is 0.670. The molecule has 0 spiro atoms. The van der Waals surface area contributed by atoms with Crippen molar-refractivity contribution in [2.24, 2.45) is 5.73 Å². The van der Waals surface area contributed by atoms with Gasteiger partial charge in [0.1, 0.15) is 24.2 Å². The molecular weight excluding hydrogens is 384 g/mol. The lowest BCUT2D eigenvalue weighted by atomic mass is 10.0. The second kappa shape index (κ2) is 8.53. The lowest BCUT2D eigenvalue weighted by Crippen LogP contribution is -2.51. The van der Waals surface area contributed by atoms with Crippen molar-refractivity contribution in [3.05, 3.63) is 78.0 Å². The summed E-state index contributed by atoms with van der Waals surface area (Å²) in [6, 6.07) is 15.2. The zero-order valence-electron chi connectivity index (χ0n) is 17.2. The summed E-state index contributed by atoms with van der Waals surface area (Å²) < 4.78 is 32.2. The fourth-order valence-electron chi connectivity index (χ4n) is 3.57. The van der Waals surface area contributed by atoms with E-state index in [4.69, 9.17) is 10.5 Å². The van der Waals surface area contributed by atoms with Crippen molar-refractivity contribution in [3.8, 4) is 11.5 Å². The molecule has 2 N–H and O–H groups in total. The van der Waals surface area contributed by atoms with E-state index in [2.05, 4.69) is 13.8 Å². The first-order chi connectivity index (χ1) is 13.8. The van der Waals surface area contributed by atoms with E-state index < -0.39 is 10.0 Å². The van der Waals surface area contributed by atoms with Gasteiger partial charge in [-0.1, -0.05) is 44.2 Å². The molecule has 1 aliphatic rings. The minimum atomic E-state index is -3.49. The number of rotatable bonds is 7. The van der Waals surface area contributed by atoms with Gasteiger partial charge in [0.15, 0.2) is 5.69 Å². The van der Waals surface area contributed by atoms with Crippen molar-refractivity contribution in [1.82, 2.24) is 3.89 Å². The van der Waals surface area contributed by atoms with Crippen LogP contribution < -0.4 is 14.4 Å². The monoisotopic (exact) mass is 413 g/mol. The molecule has 154 valence electrons. The largest absolute Gasteiger partial charge is 0.457 e. The van der Waals surface area contributed by atoms with E-state index in [-0.39, 0.29) is 16.2 Å². The summed E-state index contributed by atoms with van der Waals surface area (Å²) in [6.45, 7) is 6.51. The summed E-state index contributed by atoms with van der Waals surface area (Å²) in [6.07, 6.45) is 5.51. The third-order valence-corrected chi connectivity index (χ3v) is 7.39. The number of ether oxygens (including phenoxy) is 1. The Hall–Kier alpha value is -2.41. The molecule has 29 heavy (non-hydrogen) atoms. The molecule has 0 radical (unpaired) electrons. The van der Waals surface area contributed by atoms with E-state index in [1.807, 2.05) is 60.7 Å². The molecule has 0 saturated heterocycles. The highest BCUT2D eigenvalue weighted by molar-refractivity contribution is 7.91. The highest BCUT2D eigenvalue weighted by Gasteiger charge is 2.42. The van der Waals surface area contributed by atoms with Crippen LogP contribution in [-0.2, 0) is 10.0 Å². The average Bonchev–Trinajstić information content (AvgIpc) is 2.74. The van der Waals surface area contributed by atoms with Gasteiger partial charge in [-0.25, -0.2) is 0 Å². The molecule has 1 atom stereocenters. The highest BCUT2D eigenvalue weighted by atomic mass is 32.2. The Morgan fingerprint density at radius 1 is 1.14 bits per heavy atom. The van der Waals surface area contributed by atoms with E-state index >= 15 is 0 Å². The molecule has 2 aromatic carbocycles. The molecule has 3 rings (SSSR count). The third kappa shape index (κ3) is 4.15. The van der Waals surface area contributed by atoms with Crippen LogP contribution in [0.2, 0.25) is 0 Å². The van der Waals surface area contributed by atoms with Crippen molar-refractivity contribution in [3.63, 3.8) is 0 Å². The summed E-state index contributed by atoms with van der Waals surface area (Å²) in [7, 11) is -3.49. The Balaban J connectivity index is 2.08. The van der Waals surface area contributed by atoms with Crippen molar-refractivity contribution < 1.29 is 13.2 Å². The Labute approximate surface area is 173 Å². The minimum Gasteiger partial charge on any atom is -0.457 e. The third-order valence-electron chi connectivity index (χ3n) is 5.20. The minimum absolute atomic E-state index is 0.0243. The van der Waals surface area contributed by atoms with E-state index in [1.54, 1.807) is 13.1 Å². The van der Waals surface area contributed by atoms with Crippen molar-refractivity contribution in [1.29, 1.82) is 0 Å². The summed E-state index contributed by atoms with van der Waals surface area (Å²) in [5.41, 5.74) is 8.36. The maximum absolute atomic E-state index is 13.2. The number of quaternary nitrogens is 1. The maximum atomic E-state index is 13.2. The first-order valence-electron chi connectivity index (χ1n) is 9.89. The van der Waals surface area contributed by atoms with Gasteiger partial charge in [0, 0.05) is 24.3 Å². The van der Waals surface area contributed by atoms with E-state index in [0.29, 0.717) is 23.9 Å². The fourth-order valence-corrected chi connectivity index (χ4v) is 5.07. The molecule has 0 aliphatic carbocycles. The first kappa shape index (κ1) is 21.3. The predicted octanol–water partition coefficient (Wildman–Crippen LogP) is 4.67. The van der Waals surface area contributed by atoms with Crippen LogP contribution in [0.3, 0.4) is 0 Å². The number of para-hydroxylation sites is 1. The molecule has 5 nitrogen and oxygen atoms in total. The van der Waals surface area contributed by atoms with Crippen LogP contribution in [0.5, 0.6) is 11.5 Å². The van der Waals surface area contributed by atoms with E-state index in [0.717, 1.165) is 16.9 Å². The van der Waals surface area contributed by atoms with Crippen LogP contribution >= 0.6 is 0 Å². The van der Waals surface area contributed by atoms with Gasteiger partial charge in [-0.3, -0.25) is 0 Å². The van der Waals surface area contributed by atoms with Gasteiger partial charge in [0.25, 0.3) is 0 Å². The van der Waals surface area contributed by atoms with Gasteiger partial charge < -0.3 is 10.5 Å². The van der Waals surface area contributed by atoms with Crippen molar-refractivity contribution in [2.75, 3.05) is 18.8 Å². The standard InChI is InChI=1S/C23H29N2O3S/c1-4-29(26,27)25(14-8-9-19(16-24)17-25)20-10-7-11-21(15-20)28-23-13-6-5-12-22(23)18(2)3/h5-13,15,17-18H,4,14,16,24H2,1-3H3/q+1. The molecule has 0 fully saturated rings. The smallest absolute Gasteiger partial charge is 0.306 e. The summed E-state index contributed by atoms with van der Waals surface area (Å²) in [5.74, 6) is 1.73. The Morgan fingerprint density at radius 2 is 1.90 bits per heavy atom. The van der Waals surface area contributed by atoms with Gasteiger partial charge in [-0.15, -0.1) is 0 Å². The second-order valence-electron chi connectivity index (χ2n) is 7.45. The van der Waals surface area contributed by atoms with Crippen LogP contribution in [0.15, 0.2) is 72.5 Å². The molecule has 0 saturated carbocycles. The Kier molecular flexibility index (Phi) is 6.27. The summed E-state index contributed by atoms with van der Waals surface area (Å²) in [5, 5.41) is 0. The van der Waals surface area contributed by atoms with E-state index in [9.17, 15) is 8.42 Å². The lowest BCUT2D eigenvalue weighted by molar-refractivity contribution is 0.469. The van der Waals surface area contributed by atoms with Crippen molar-refractivity contribution >= 4 is 15.7 Å². The predicted molar refractivity (Wildman–Crippen MR) is 119 cm³/mol. The highest BCUT2D eigenvalue weighted by Crippen LogP contribution is 2.37. The zero-order valence-corrected chi connectivity index (χ0v) is 18.0. The Morgan fingerprint density at radius 3 is 2.59 bits per heavy atom. The normalized spacial score (nSPS) is 19.3. The molecule has 1 heterocycles. The van der Waals surface area contributed by atoms with Crippen LogP contribution in [-0.4, -0.2) is 27.3 Å². The first-order valence-corrected chi connectivity index (χ1v) is 11.5. The fraction of sp³-hybridized carbons (Fsp3) is 0.304. The molecule has 0 amide bonds. The lowest BCUT2D eigenvalue weighted by Gasteiger charge is -2.34. The van der Waals surface area contributed by atoms with Gasteiger partial charge in [0.2, 0.25) is 0 Å². The number of nitrogens with two attached hydrogens (primary N) is 1. The van der Waals surface area contributed by atoms with Gasteiger partial charge >= 0.3 is 10.0 Å². The Bertz CT molecular complexity index is 1040. The number of nitrogens with zero attached hydrogens (tertiary/aromatic N) is 1. The summed E-state index contributed by atoms with van der Waals surface area (Å²) >= 11 is 0. The molecule has 0 bridgehead atoms. The van der Waals surface area contributed by atoms with Gasteiger partial charge in [-0.2, -0.15) is 12.3 Å². The number of hydrogen-bond acceptors (Lipinski definition) is 4. The average molecular weight is 414 g/mol. The van der Waals surface area contributed by atoms with Crippen LogP contribution in [0, 0.1) is 0 Å². The molecule has 1 unspecified atom stereocenters. The zero-order chi connectivity index (χ0) is 21.1. The number of benzene rings is 2. The van der Waals surface area contributed by atoms with Gasteiger partial charge in [0.05, 0.1) is 5.75 Å². The van der Waals surface area contributed by atoms with Crippen LogP contribution in [0.1, 0.15) is 32.3 Å². The second-order valence-corrected chi connectivity index (χ2v) is 9.84. The molecular formula is C23H29N2O3S+. The molecule has 1 aliphatic heterocycles. The van der Waals surface area contributed by atoms with Crippen LogP contribution in [0.4, 0.5) is 5.69 Å². The SMILES string of the molecule is CCS(=O)(=O)[N+]1(c2cccc(Oc3ccccc3C(C)C)c2)C=C(CN)C=CC1. The van der Waals surface area contributed by atoms with Crippen LogP contribution in [0.25, 0.3) is 0 Å². The number of hydrogen-bond donors (Lipinski definition) is 1. The number of sulfonamides is 1. The molecule has 2 aromatic rings. The summed E-state index contributed by atoms with van der Waals surface area (Å²) in [4.78, 5) is 0. The van der Waals surface area contributed by atoms with E-state index in [1.165, 1.54) is 0 Å². The van der Waals surface area contributed by atoms with Gasteiger partial charge in [-0.05, 0) is 36.6 Å². The van der Waals surface area contributed by atoms with Crippen molar-refractivity contribution in [2.45, 2.75) is 26.7 Å². The maximum Gasteiger partial charge on any atom is 0.306 e. The molecule has 0 aromatic heterocycles. The molecule has 6 heteroatoms.